The van der Waals surface area contributed by atoms with E-state index in [9.17, 15) is 4.79 Å². The number of hydrogen-bond acceptors (Lipinski definition) is 4. The monoisotopic (exact) mass is 210 g/mol. The Hall–Kier alpha value is -1.36. The Morgan fingerprint density at radius 3 is 2.87 bits per heavy atom. The summed E-state index contributed by atoms with van der Waals surface area (Å²) in [6.07, 6.45) is 1.95. The fourth-order valence-electron chi connectivity index (χ4n) is 1.32. The first-order chi connectivity index (χ1) is 7.18. The summed E-state index contributed by atoms with van der Waals surface area (Å²) in [5, 5.41) is 3.79. The minimum absolute atomic E-state index is 0.0261. The molecular formula is C10H14N2O3. The maximum absolute atomic E-state index is 11.2. The molecule has 1 aliphatic carbocycles. The molecule has 0 bridgehead atoms. The van der Waals surface area contributed by atoms with Gasteiger partial charge in [0.1, 0.15) is 12.4 Å². The number of aryl methyl sites for hydroxylation is 2. The zero-order valence-electron chi connectivity index (χ0n) is 8.87. The molecule has 0 unspecified atom stereocenters. The first-order valence-corrected chi connectivity index (χ1v) is 5.02. The van der Waals surface area contributed by atoms with Gasteiger partial charge in [-0.15, -0.1) is 0 Å². The van der Waals surface area contributed by atoms with Crippen molar-refractivity contribution in [3.8, 4) is 0 Å². The summed E-state index contributed by atoms with van der Waals surface area (Å²) >= 11 is 0. The highest BCUT2D eigenvalue weighted by molar-refractivity contribution is 5.79. The van der Waals surface area contributed by atoms with Gasteiger partial charge in [0.05, 0.1) is 5.69 Å². The standard InChI is InChI=1S/C10H14N2O3/c1-6-9(7(2)15-11-6)5-14-12-10(13)8-3-4-8/h8H,3-5H2,1-2H3,(H,12,13). The second-order valence-corrected chi connectivity index (χ2v) is 3.83. The first kappa shape index (κ1) is 10.2. The van der Waals surface area contributed by atoms with Crippen LogP contribution in [0.25, 0.3) is 0 Å². The molecule has 1 amide bonds. The molecule has 1 aromatic heterocycles. The molecule has 15 heavy (non-hydrogen) atoms. The molecule has 1 N–H and O–H groups in total. The third kappa shape index (κ3) is 2.36. The summed E-state index contributed by atoms with van der Waals surface area (Å²) < 4.78 is 4.97. The summed E-state index contributed by atoms with van der Waals surface area (Å²) in [5.41, 5.74) is 4.12. The number of amides is 1. The van der Waals surface area contributed by atoms with Crippen LogP contribution in [0, 0.1) is 19.8 Å². The summed E-state index contributed by atoms with van der Waals surface area (Å²) in [6, 6.07) is 0. The van der Waals surface area contributed by atoms with Crippen LogP contribution in [0.4, 0.5) is 0 Å². The molecular weight excluding hydrogens is 196 g/mol. The molecule has 0 radical (unpaired) electrons. The maximum Gasteiger partial charge on any atom is 0.246 e. The number of rotatable bonds is 4. The highest BCUT2D eigenvalue weighted by atomic mass is 16.7. The van der Waals surface area contributed by atoms with Crippen molar-refractivity contribution in [1.82, 2.24) is 10.6 Å². The van der Waals surface area contributed by atoms with Gasteiger partial charge in [0.25, 0.3) is 0 Å². The topological polar surface area (TPSA) is 64.4 Å². The van der Waals surface area contributed by atoms with Crippen molar-refractivity contribution in [2.75, 3.05) is 0 Å². The number of hydroxylamine groups is 1. The largest absolute Gasteiger partial charge is 0.361 e. The van der Waals surface area contributed by atoms with Crippen molar-refractivity contribution >= 4 is 5.91 Å². The Kier molecular flexibility index (Phi) is 2.73. The van der Waals surface area contributed by atoms with Gasteiger partial charge in [-0.05, 0) is 26.7 Å². The van der Waals surface area contributed by atoms with E-state index in [4.69, 9.17) is 9.36 Å². The molecule has 5 nitrogen and oxygen atoms in total. The van der Waals surface area contributed by atoms with Gasteiger partial charge in [0.2, 0.25) is 5.91 Å². The number of hydrogen-bond donors (Lipinski definition) is 1. The van der Waals surface area contributed by atoms with Crippen molar-refractivity contribution in [2.45, 2.75) is 33.3 Å². The highest BCUT2D eigenvalue weighted by Crippen LogP contribution is 2.28. The van der Waals surface area contributed by atoms with Gasteiger partial charge in [-0.3, -0.25) is 9.63 Å². The van der Waals surface area contributed by atoms with E-state index < -0.39 is 0 Å². The van der Waals surface area contributed by atoms with E-state index in [0.717, 1.165) is 29.9 Å². The van der Waals surface area contributed by atoms with E-state index in [1.165, 1.54) is 0 Å². The molecule has 1 fully saturated rings. The van der Waals surface area contributed by atoms with Gasteiger partial charge in [0.15, 0.2) is 0 Å². The van der Waals surface area contributed by atoms with Crippen LogP contribution >= 0.6 is 0 Å². The summed E-state index contributed by atoms with van der Waals surface area (Å²) in [5.74, 6) is 0.865. The molecule has 1 aromatic rings. The number of carbonyl (C=O) groups is 1. The highest BCUT2D eigenvalue weighted by Gasteiger charge is 2.29. The quantitative estimate of drug-likeness (QED) is 0.759. The Morgan fingerprint density at radius 2 is 2.33 bits per heavy atom. The lowest BCUT2D eigenvalue weighted by molar-refractivity contribution is -0.135. The van der Waals surface area contributed by atoms with Gasteiger partial charge < -0.3 is 4.52 Å². The summed E-state index contributed by atoms with van der Waals surface area (Å²) in [4.78, 5) is 16.3. The van der Waals surface area contributed by atoms with Crippen molar-refractivity contribution in [2.24, 2.45) is 5.92 Å². The van der Waals surface area contributed by atoms with E-state index in [2.05, 4.69) is 10.6 Å². The Morgan fingerprint density at radius 1 is 1.60 bits per heavy atom. The minimum atomic E-state index is -0.0261. The van der Waals surface area contributed by atoms with Crippen molar-refractivity contribution in [3.05, 3.63) is 17.0 Å². The van der Waals surface area contributed by atoms with E-state index in [-0.39, 0.29) is 11.8 Å². The Labute approximate surface area is 87.7 Å². The predicted molar refractivity (Wildman–Crippen MR) is 51.6 cm³/mol. The van der Waals surface area contributed by atoms with Crippen LogP contribution in [0.3, 0.4) is 0 Å². The zero-order valence-corrected chi connectivity index (χ0v) is 8.87. The van der Waals surface area contributed by atoms with Crippen LogP contribution in [0.2, 0.25) is 0 Å². The molecule has 0 saturated heterocycles. The normalized spacial score (nSPS) is 15.3. The second-order valence-electron chi connectivity index (χ2n) is 3.83. The van der Waals surface area contributed by atoms with Crippen molar-refractivity contribution in [1.29, 1.82) is 0 Å². The molecule has 2 rings (SSSR count). The Balaban J connectivity index is 1.80. The molecule has 82 valence electrons. The van der Waals surface area contributed by atoms with Crippen LogP contribution < -0.4 is 5.48 Å². The van der Waals surface area contributed by atoms with E-state index in [1.807, 2.05) is 13.8 Å². The second kappa shape index (κ2) is 4.02. The molecule has 1 aliphatic rings. The smallest absolute Gasteiger partial charge is 0.246 e. The van der Waals surface area contributed by atoms with Crippen LogP contribution in [-0.2, 0) is 16.2 Å². The average Bonchev–Trinajstić information content (AvgIpc) is 2.99. The van der Waals surface area contributed by atoms with Gasteiger partial charge >= 0.3 is 0 Å². The summed E-state index contributed by atoms with van der Waals surface area (Å²) in [6.45, 7) is 3.97. The maximum atomic E-state index is 11.2. The number of aromatic nitrogens is 1. The lowest BCUT2D eigenvalue weighted by atomic mass is 10.2. The lowest BCUT2D eigenvalue weighted by Crippen LogP contribution is -2.25. The number of nitrogens with zero attached hydrogens (tertiary/aromatic N) is 1. The molecule has 0 atom stereocenters. The van der Waals surface area contributed by atoms with E-state index >= 15 is 0 Å². The number of carbonyl (C=O) groups excluding carboxylic acids is 1. The average molecular weight is 210 g/mol. The van der Waals surface area contributed by atoms with Crippen molar-refractivity contribution in [3.63, 3.8) is 0 Å². The Bertz CT molecular complexity index is 349. The summed E-state index contributed by atoms with van der Waals surface area (Å²) in [7, 11) is 0. The predicted octanol–water partition coefficient (Wildman–Crippen LogP) is 1.25. The van der Waals surface area contributed by atoms with Crippen LogP contribution in [0.5, 0.6) is 0 Å². The third-order valence-corrected chi connectivity index (χ3v) is 2.52. The number of nitrogens with one attached hydrogen (secondary N) is 1. The van der Waals surface area contributed by atoms with Gasteiger partial charge in [-0.2, -0.15) is 0 Å². The van der Waals surface area contributed by atoms with Crippen LogP contribution in [0.15, 0.2) is 4.52 Å². The van der Waals surface area contributed by atoms with E-state index in [0.29, 0.717) is 6.61 Å². The van der Waals surface area contributed by atoms with E-state index in [1.54, 1.807) is 0 Å². The van der Waals surface area contributed by atoms with Crippen LogP contribution in [0.1, 0.15) is 29.9 Å². The third-order valence-electron chi connectivity index (χ3n) is 2.52. The zero-order chi connectivity index (χ0) is 10.8. The SMILES string of the molecule is Cc1noc(C)c1CONC(=O)C1CC1. The van der Waals surface area contributed by atoms with Gasteiger partial charge in [-0.1, -0.05) is 5.16 Å². The molecule has 5 heteroatoms. The lowest BCUT2D eigenvalue weighted by Gasteiger charge is -2.04. The first-order valence-electron chi connectivity index (χ1n) is 5.02. The van der Waals surface area contributed by atoms with Gasteiger partial charge in [-0.25, -0.2) is 5.48 Å². The molecule has 0 aromatic carbocycles. The van der Waals surface area contributed by atoms with Crippen molar-refractivity contribution < 1.29 is 14.2 Å². The molecule has 0 aliphatic heterocycles. The van der Waals surface area contributed by atoms with Gasteiger partial charge in [0, 0.05) is 11.5 Å². The minimum Gasteiger partial charge on any atom is -0.361 e. The molecule has 1 heterocycles. The molecule has 0 spiro atoms. The van der Waals surface area contributed by atoms with Crippen LogP contribution in [-0.4, -0.2) is 11.1 Å². The fourth-order valence-corrected chi connectivity index (χ4v) is 1.32. The molecule has 1 saturated carbocycles. The fraction of sp³-hybridized carbons (Fsp3) is 0.600.